The molecule has 124 valence electrons. The molecular weight excluding hydrogens is 396 g/mol. The van der Waals surface area contributed by atoms with Crippen molar-refractivity contribution in [1.29, 1.82) is 0 Å². The van der Waals surface area contributed by atoms with Crippen molar-refractivity contribution in [2.24, 2.45) is 0 Å². The third-order valence-electron chi connectivity index (χ3n) is 3.91. The van der Waals surface area contributed by atoms with Gasteiger partial charge in [-0.2, -0.15) is 0 Å². The van der Waals surface area contributed by atoms with Gasteiger partial charge >= 0.3 is 0 Å². The molecule has 3 aromatic carbocycles. The first-order chi connectivity index (χ1) is 11.8. The Morgan fingerprint density at radius 3 is 2.20 bits per heavy atom. The highest BCUT2D eigenvalue weighted by atomic mass is 79.9. The highest BCUT2D eigenvalue weighted by Crippen LogP contribution is 2.30. The molecule has 0 atom stereocenters. The lowest BCUT2D eigenvalue weighted by atomic mass is 10.1. The number of anilines is 2. The Morgan fingerprint density at radius 2 is 1.44 bits per heavy atom. The van der Waals surface area contributed by atoms with E-state index >= 15 is 0 Å². The smallest absolute Gasteiger partial charge is 0.0730 e. The van der Waals surface area contributed by atoms with Gasteiger partial charge in [-0.25, -0.2) is 4.98 Å². The molecule has 2 nitrogen and oxygen atoms in total. The van der Waals surface area contributed by atoms with E-state index < -0.39 is 0 Å². The third-order valence-corrected chi connectivity index (χ3v) is 4.44. The minimum Gasteiger partial charge on any atom is -0.355 e. The highest BCUT2D eigenvalue weighted by molar-refractivity contribution is 9.10. The Kier molecular flexibility index (Phi) is 5.37. The van der Waals surface area contributed by atoms with E-state index in [1.165, 1.54) is 0 Å². The van der Waals surface area contributed by atoms with Crippen molar-refractivity contribution in [2.75, 3.05) is 5.32 Å². The van der Waals surface area contributed by atoms with Crippen molar-refractivity contribution in [1.82, 2.24) is 4.98 Å². The molecule has 1 N–H and O–H groups in total. The Morgan fingerprint density at radius 1 is 0.760 bits per heavy atom. The Hall–Kier alpha value is -2.36. The Bertz CT molecular complexity index is 986. The molecule has 4 heteroatoms. The van der Waals surface area contributed by atoms with Gasteiger partial charge in [-0.15, -0.1) is 12.4 Å². The van der Waals surface area contributed by atoms with Gasteiger partial charge in [-0.05, 0) is 36.4 Å². The lowest BCUT2D eigenvalue weighted by Gasteiger charge is -2.12. The van der Waals surface area contributed by atoms with Crippen LogP contribution in [0.3, 0.4) is 0 Å². The summed E-state index contributed by atoms with van der Waals surface area (Å²) in [5, 5.41) is 4.63. The van der Waals surface area contributed by atoms with Crippen LogP contribution in [0.25, 0.3) is 22.2 Å². The normalized spacial score (nSPS) is 10.3. The molecule has 0 spiro atoms. The molecule has 0 fully saturated rings. The molecule has 25 heavy (non-hydrogen) atoms. The second-order valence-corrected chi connectivity index (χ2v) is 6.49. The van der Waals surface area contributed by atoms with Gasteiger partial charge < -0.3 is 5.32 Å². The zero-order valence-corrected chi connectivity index (χ0v) is 15.7. The fourth-order valence-corrected chi connectivity index (χ4v) is 2.99. The van der Waals surface area contributed by atoms with Crippen molar-refractivity contribution >= 4 is 50.6 Å². The summed E-state index contributed by atoms with van der Waals surface area (Å²) in [4.78, 5) is 4.81. The minimum atomic E-state index is 0. The fourth-order valence-electron chi connectivity index (χ4n) is 2.72. The molecule has 0 unspecified atom stereocenters. The standard InChI is InChI=1S/C21H15BrN2.ClH/c22-16-10-12-17(13-11-16)23-21-14-20(15-6-2-1-3-7-15)24-19-9-5-4-8-18(19)21;/h1-14H,(H,23,24);1H. The number of aromatic nitrogens is 1. The van der Waals surface area contributed by atoms with E-state index in [-0.39, 0.29) is 12.4 Å². The van der Waals surface area contributed by atoms with Gasteiger partial charge in [0.25, 0.3) is 0 Å². The molecule has 0 aliphatic heterocycles. The first-order valence-corrected chi connectivity index (χ1v) is 8.57. The third kappa shape index (κ3) is 3.84. The van der Waals surface area contributed by atoms with E-state index in [1.807, 2.05) is 42.5 Å². The van der Waals surface area contributed by atoms with Crippen LogP contribution < -0.4 is 5.32 Å². The summed E-state index contributed by atoms with van der Waals surface area (Å²) in [6.45, 7) is 0. The number of halogens is 2. The molecule has 1 heterocycles. The molecule has 0 saturated carbocycles. The van der Waals surface area contributed by atoms with Crippen LogP contribution in [0.5, 0.6) is 0 Å². The summed E-state index contributed by atoms with van der Waals surface area (Å²) >= 11 is 3.48. The lowest BCUT2D eigenvalue weighted by Crippen LogP contribution is -1.95. The van der Waals surface area contributed by atoms with Crippen molar-refractivity contribution in [3.8, 4) is 11.3 Å². The number of nitrogens with one attached hydrogen (secondary N) is 1. The van der Waals surface area contributed by atoms with Gasteiger partial charge in [0.15, 0.2) is 0 Å². The van der Waals surface area contributed by atoms with E-state index in [0.717, 1.165) is 38.0 Å². The summed E-state index contributed by atoms with van der Waals surface area (Å²) in [5.74, 6) is 0. The van der Waals surface area contributed by atoms with Crippen LogP contribution in [0, 0.1) is 0 Å². The van der Waals surface area contributed by atoms with E-state index in [2.05, 4.69) is 63.7 Å². The Balaban J connectivity index is 0.00000182. The van der Waals surface area contributed by atoms with Crippen molar-refractivity contribution < 1.29 is 0 Å². The maximum atomic E-state index is 4.81. The van der Waals surface area contributed by atoms with E-state index in [0.29, 0.717) is 0 Å². The molecular formula is C21H16BrClN2. The number of benzene rings is 3. The van der Waals surface area contributed by atoms with Crippen LogP contribution in [0.2, 0.25) is 0 Å². The summed E-state index contributed by atoms with van der Waals surface area (Å²) in [6, 6.07) is 28.8. The summed E-state index contributed by atoms with van der Waals surface area (Å²) in [6.07, 6.45) is 0. The quantitative estimate of drug-likeness (QED) is 0.399. The van der Waals surface area contributed by atoms with Gasteiger partial charge in [0.1, 0.15) is 0 Å². The van der Waals surface area contributed by atoms with Crippen LogP contribution >= 0.6 is 28.3 Å². The number of nitrogens with zero attached hydrogens (tertiary/aromatic N) is 1. The maximum Gasteiger partial charge on any atom is 0.0730 e. The molecule has 0 aliphatic carbocycles. The average Bonchev–Trinajstić information content (AvgIpc) is 2.64. The molecule has 4 aromatic rings. The number of fused-ring (bicyclic) bond motifs is 1. The SMILES string of the molecule is Brc1ccc(Nc2cc(-c3ccccc3)nc3ccccc23)cc1.Cl. The summed E-state index contributed by atoms with van der Waals surface area (Å²) in [5.41, 5.74) is 5.17. The maximum absolute atomic E-state index is 4.81. The van der Waals surface area contributed by atoms with E-state index in [1.54, 1.807) is 0 Å². The van der Waals surface area contributed by atoms with Gasteiger partial charge in [0.2, 0.25) is 0 Å². The zero-order valence-electron chi connectivity index (χ0n) is 13.3. The molecule has 0 bridgehead atoms. The number of hydrogen-bond donors (Lipinski definition) is 1. The summed E-state index contributed by atoms with van der Waals surface area (Å²) < 4.78 is 1.07. The molecule has 4 rings (SSSR count). The second kappa shape index (κ2) is 7.68. The van der Waals surface area contributed by atoms with Crippen molar-refractivity contribution in [3.63, 3.8) is 0 Å². The van der Waals surface area contributed by atoms with Crippen LogP contribution in [0.1, 0.15) is 0 Å². The Labute approximate surface area is 161 Å². The molecule has 1 aromatic heterocycles. The van der Waals surface area contributed by atoms with Crippen molar-refractivity contribution in [3.05, 3.63) is 89.4 Å². The molecule has 0 radical (unpaired) electrons. The van der Waals surface area contributed by atoms with Crippen LogP contribution in [0.4, 0.5) is 11.4 Å². The van der Waals surface area contributed by atoms with Crippen LogP contribution in [-0.4, -0.2) is 4.98 Å². The topological polar surface area (TPSA) is 24.9 Å². The van der Waals surface area contributed by atoms with Gasteiger partial charge in [0.05, 0.1) is 16.9 Å². The van der Waals surface area contributed by atoms with Crippen LogP contribution in [0.15, 0.2) is 89.4 Å². The highest BCUT2D eigenvalue weighted by Gasteiger charge is 2.07. The number of hydrogen-bond acceptors (Lipinski definition) is 2. The monoisotopic (exact) mass is 410 g/mol. The van der Waals surface area contributed by atoms with Gasteiger partial charge in [-0.3, -0.25) is 0 Å². The number of para-hydroxylation sites is 1. The van der Waals surface area contributed by atoms with Gasteiger partial charge in [0, 0.05) is 21.1 Å². The first kappa shape index (κ1) is 17.5. The summed E-state index contributed by atoms with van der Waals surface area (Å²) in [7, 11) is 0. The average molecular weight is 412 g/mol. The first-order valence-electron chi connectivity index (χ1n) is 7.77. The van der Waals surface area contributed by atoms with Crippen LogP contribution in [-0.2, 0) is 0 Å². The number of pyridine rings is 1. The second-order valence-electron chi connectivity index (χ2n) is 5.57. The predicted octanol–water partition coefficient (Wildman–Crippen LogP) is 6.83. The number of rotatable bonds is 3. The molecule has 0 aliphatic rings. The predicted molar refractivity (Wildman–Crippen MR) is 112 cm³/mol. The lowest BCUT2D eigenvalue weighted by molar-refractivity contribution is 1.39. The minimum absolute atomic E-state index is 0. The molecule has 0 saturated heterocycles. The van der Waals surface area contributed by atoms with Gasteiger partial charge in [-0.1, -0.05) is 64.5 Å². The zero-order chi connectivity index (χ0) is 16.4. The van der Waals surface area contributed by atoms with E-state index in [4.69, 9.17) is 4.98 Å². The van der Waals surface area contributed by atoms with E-state index in [9.17, 15) is 0 Å². The largest absolute Gasteiger partial charge is 0.355 e. The van der Waals surface area contributed by atoms with Crippen molar-refractivity contribution in [2.45, 2.75) is 0 Å². The fraction of sp³-hybridized carbons (Fsp3) is 0. The molecule has 0 amide bonds.